The maximum Gasteiger partial charge on any atom is 0.0931 e. The Morgan fingerprint density at radius 3 is 2.38 bits per heavy atom. The number of hydrogen-bond donors (Lipinski definition) is 1. The molecule has 2 aromatic rings. The fourth-order valence-corrected chi connectivity index (χ4v) is 3.41. The van der Waals surface area contributed by atoms with Crippen LogP contribution < -0.4 is 5.32 Å². The zero-order valence-corrected chi connectivity index (χ0v) is 14.3. The first kappa shape index (κ1) is 16.5. The van der Waals surface area contributed by atoms with Gasteiger partial charge in [0.25, 0.3) is 0 Å². The summed E-state index contributed by atoms with van der Waals surface area (Å²) in [6.07, 6.45) is 1.18. The van der Waals surface area contributed by atoms with Crippen LogP contribution in [0, 0.1) is 0 Å². The maximum absolute atomic E-state index is 5.97. The highest BCUT2D eigenvalue weighted by atomic mass is 35.5. The Morgan fingerprint density at radius 2 is 1.76 bits per heavy atom. The van der Waals surface area contributed by atoms with E-state index in [-0.39, 0.29) is 0 Å². The SMILES string of the molecule is CCCNCc1ccc(CN(C)Cc2ccc(Cl)s2)cc1. The first-order valence-electron chi connectivity index (χ1n) is 7.38. The summed E-state index contributed by atoms with van der Waals surface area (Å²) < 4.78 is 0.863. The molecule has 0 fully saturated rings. The second-order valence-corrected chi connectivity index (χ2v) is 7.17. The molecular formula is C17H23ClN2S. The van der Waals surface area contributed by atoms with E-state index in [4.69, 9.17) is 11.6 Å². The van der Waals surface area contributed by atoms with Crippen LogP contribution in [0.4, 0.5) is 0 Å². The van der Waals surface area contributed by atoms with Gasteiger partial charge < -0.3 is 5.32 Å². The van der Waals surface area contributed by atoms with Crippen LogP contribution in [0.15, 0.2) is 36.4 Å². The molecule has 21 heavy (non-hydrogen) atoms. The van der Waals surface area contributed by atoms with Crippen LogP contribution in [-0.2, 0) is 19.6 Å². The molecule has 0 atom stereocenters. The quantitative estimate of drug-likeness (QED) is 0.718. The van der Waals surface area contributed by atoms with Crippen molar-refractivity contribution in [3.8, 4) is 0 Å². The summed E-state index contributed by atoms with van der Waals surface area (Å²) in [5.41, 5.74) is 2.69. The standard InChI is InChI=1S/C17H23ClN2S/c1-3-10-19-11-14-4-6-15(7-5-14)12-20(2)13-16-8-9-17(18)21-16/h4-9,19H,3,10-13H2,1-2H3. The van der Waals surface area contributed by atoms with Gasteiger partial charge in [-0.25, -0.2) is 0 Å². The second kappa shape index (κ2) is 8.54. The molecule has 0 saturated heterocycles. The molecule has 0 spiro atoms. The van der Waals surface area contributed by atoms with Crippen LogP contribution in [-0.4, -0.2) is 18.5 Å². The molecule has 0 aliphatic carbocycles. The van der Waals surface area contributed by atoms with Gasteiger partial charge in [0.1, 0.15) is 0 Å². The summed E-state index contributed by atoms with van der Waals surface area (Å²) in [4.78, 5) is 3.62. The maximum atomic E-state index is 5.97. The predicted octanol–water partition coefficient (Wildman–Crippen LogP) is 4.53. The van der Waals surface area contributed by atoms with Crippen LogP contribution in [0.3, 0.4) is 0 Å². The summed E-state index contributed by atoms with van der Waals surface area (Å²) in [7, 11) is 2.14. The van der Waals surface area contributed by atoms with Gasteiger partial charge in [0.2, 0.25) is 0 Å². The lowest BCUT2D eigenvalue weighted by atomic mass is 10.1. The third-order valence-electron chi connectivity index (χ3n) is 3.29. The number of rotatable bonds is 8. The van der Waals surface area contributed by atoms with Gasteiger partial charge >= 0.3 is 0 Å². The lowest BCUT2D eigenvalue weighted by molar-refractivity contribution is 0.322. The van der Waals surface area contributed by atoms with E-state index in [0.717, 1.165) is 30.5 Å². The number of nitrogens with zero attached hydrogens (tertiary/aromatic N) is 1. The molecule has 1 aromatic heterocycles. The normalized spacial score (nSPS) is 11.2. The molecule has 0 unspecified atom stereocenters. The molecule has 0 saturated carbocycles. The van der Waals surface area contributed by atoms with Crippen molar-refractivity contribution in [2.24, 2.45) is 0 Å². The van der Waals surface area contributed by atoms with Crippen molar-refractivity contribution in [1.82, 2.24) is 10.2 Å². The van der Waals surface area contributed by atoms with E-state index in [1.165, 1.54) is 22.4 Å². The van der Waals surface area contributed by atoms with E-state index in [2.05, 4.69) is 54.5 Å². The van der Waals surface area contributed by atoms with Crippen LogP contribution in [0.1, 0.15) is 29.3 Å². The van der Waals surface area contributed by atoms with Gasteiger partial charge in [-0.05, 0) is 43.3 Å². The fraction of sp³-hybridized carbons (Fsp3) is 0.412. The molecule has 0 bridgehead atoms. The summed E-state index contributed by atoms with van der Waals surface area (Å²) in [6.45, 7) is 6.12. The molecule has 2 nitrogen and oxygen atoms in total. The van der Waals surface area contributed by atoms with E-state index in [0.29, 0.717) is 0 Å². The Morgan fingerprint density at radius 1 is 1.05 bits per heavy atom. The molecule has 0 aliphatic heterocycles. The van der Waals surface area contributed by atoms with Crippen LogP contribution in [0.5, 0.6) is 0 Å². The fourth-order valence-electron chi connectivity index (χ4n) is 2.24. The van der Waals surface area contributed by atoms with Crippen molar-refractivity contribution < 1.29 is 0 Å². The Labute approximate surface area is 136 Å². The van der Waals surface area contributed by atoms with Crippen molar-refractivity contribution >= 4 is 22.9 Å². The van der Waals surface area contributed by atoms with Gasteiger partial charge in [-0.1, -0.05) is 42.8 Å². The molecule has 2 rings (SSSR count). The Kier molecular flexibility index (Phi) is 6.71. The first-order chi connectivity index (χ1) is 10.2. The molecule has 0 radical (unpaired) electrons. The molecular weight excluding hydrogens is 300 g/mol. The van der Waals surface area contributed by atoms with Gasteiger partial charge in [0.05, 0.1) is 4.34 Å². The zero-order valence-electron chi connectivity index (χ0n) is 12.7. The predicted molar refractivity (Wildman–Crippen MR) is 92.9 cm³/mol. The molecule has 1 aromatic carbocycles. The van der Waals surface area contributed by atoms with Crippen molar-refractivity contribution in [3.63, 3.8) is 0 Å². The monoisotopic (exact) mass is 322 g/mol. The molecule has 4 heteroatoms. The highest BCUT2D eigenvalue weighted by Gasteiger charge is 2.04. The molecule has 1 heterocycles. The lowest BCUT2D eigenvalue weighted by Crippen LogP contribution is -2.17. The van der Waals surface area contributed by atoms with E-state index < -0.39 is 0 Å². The number of hydrogen-bond acceptors (Lipinski definition) is 3. The topological polar surface area (TPSA) is 15.3 Å². The van der Waals surface area contributed by atoms with Crippen LogP contribution in [0.2, 0.25) is 4.34 Å². The van der Waals surface area contributed by atoms with Crippen molar-refractivity contribution in [3.05, 3.63) is 56.7 Å². The minimum Gasteiger partial charge on any atom is -0.313 e. The summed E-state index contributed by atoms with van der Waals surface area (Å²) in [5, 5.41) is 3.43. The highest BCUT2D eigenvalue weighted by molar-refractivity contribution is 7.16. The Balaban J connectivity index is 1.82. The second-order valence-electron chi connectivity index (χ2n) is 5.37. The average molecular weight is 323 g/mol. The number of benzene rings is 1. The Hall–Kier alpha value is -0.870. The molecule has 1 N–H and O–H groups in total. The number of thiophene rings is 1. The largest absolute Gasteiger partial charge is 0.313 e. The van der Waals surface area contributed by atoms with E-state index >= 15 is 0 Å². The van der Waals surface area contributed by atoms with Gasteiger partial charge in [-0.15, -0.1) is 11.3 Å². The van der Waals surface area contributed by atoms with Gasteiger partial charge in [-0.3, -0.25) is 4.90 Å². The van der Waals surface area contributed by atoms with E-state index in [1.807, 2.05) is 6.07 Å². The molecule has 114 valence electrons. The van der Waals surface area contributed by atoms with Gasteiger partial charge in [0, 0.05) is 24.5 Å². The van der Waals surface area contributed by atoms with Crippen molar-refractivity contribution in [2.75, 3.05) is 13.6 Å². The van der Waals surface area contributed by atoms with E-state index in [1.54, 1.807) is 11.3 Å². The molecule has 0 amide bonds. The number of nitrogens with one attached hydrogen (secondary N) is 1. The van der Waals surface area contributed by atoms with Crippen LogP contribution >= 0.6 is 22.9 Å². The lowest BCUT2D eigenvalue weighted by Gasteiger charge is -2.16. The van der Waals surface area contributed by atoms with E-state index in [9.17, 15) is 0 Å². The molecule has 0 aliphatic rings. The van der Waals surface area contributed by atoms with Crippen molar-refractivity contribution in [2.45, 2.75) is 33.0 Å². The smallest absolute Gasteiger partial charge is 0.0931 e. The third kappa shape index (κ3) is 5.79. The number of halogens is 1. The first-order valence-corrected chi connectivity index (χ1v) is 8.58. The zero-order chi connectivity index (χ0) is 15.1. The minimum absolute atomic E-state index is 0.863. The summed E-state index contributed by atoms with van der Waals surface area (Å²) >= 11 is 7.62. The third-order valence-corrected chi connectivity index (χ3v) is 4.50. The minimum atomic E-state index is 0.863. The Bertz CT molecular complexity index is 536. The van der Waals surface area contributed by atoms with Crippen molar-refractivity contribution in [1.29, 1.82) is 0 Å². The van der Waals surface area contributed by atoms with Gasteiger partial charge in [0.15, 0.2) is 0 Å². The summed E-state index contributed by atoms with van der Waals surface area (Å²) in [6, 6.07) is 12.9. The summed E-state index contributed by atoms with van der Waals surface area (Å²) in [5.74, 6) is 0. The van der Waals surface area contributed by atoms with Gasteiger partial charge in [-0.2, -0.15) is 0 Å². The van der Waals surface area contributed by atoms with Crippen LogP contribution in [0.25, 0.3) is 0 Å². The average Bonchev–Trinajstić information content (AvgIpc) is 2.86. The highest BCUT2D eigenvalue weighted by Crippen LogP contribution is 2.22.